The first kappa shape index (κ1) is 16.8. The van der Waals surface area contributed by atoms with E-state index in [4.69, 9.17) is 4.74 Å². The van der Waals surface area contributed by atoms with Crippen LogP contribution in [0, 0.1) is 0 Å². The van der Waals surface area contributed by atoms with Crippen molar-refractivity contribution < 1.29 is 9.53 Å². The van der Waals surface area contributed by atoms with E-state index < -0.39 is 0 Å². The van der Waals surface area contributed by atoms with E-state index in [0.717, 1.165) is 17.1 Å². The second-order valence-corrected chi connectivity index (χ2v) is 5.24. The van der Waals surface area contributed by atoms with E-state index in [9.17, 15) is 4.79 Å². The van der Waals surface area contributed by atoms with Crippen LogP contribution in [-0.4, -0.2) is 45.2 Å². The molecule has 0 unspecified atom stereocenters. The molecule has 0 atom stereocenters. The van der Waals surface area contributed by atoms with Gasteiger partial charge in [-0.1, -0.05) is 0 Å². The van der Waals surface area contributed by atoms with Crippen molar-refractivity contribution in [2.24, 2.45) is 0 Å². The smallest absolute Gasteiger partial charge is 0.270 e. The van der Waals surface area contributed by atoms with Gasteiger partial charge in [0.05, 0.1) is 6.61 Å². The molecule has 0 aliphatic rings. The summed E-state index contributed by atoms with van der Waals surface area (Å²) < 4.78 is 4.91. The number of rotatable bonds is 7. The van der Waals surface area contributed by atoms with Gasteiger partial charge < -0.3 is 20.3 Å². The van der Waals surface area contributed by atoms with Crippen LogP contribution in [0.2, 0.25) is 0 Å². The first-order chi connectivity index (χ1) is 11.1. The fourth-order valence-electron chi connectivity index (χ4n) is 2.00. The number of hydrogen-bond acceptors (Lipinski definition) is 5. The molecule has 1 aromatic carbocycles. The molecular formula is C17H22N4O2. The number of methoxy groups -OCH3 is 1. The Labute approximate surface area is 136 Å². The van der Waals surface area contributed by atoms with Crippen molar-refractivity contribution in [2.45, 2.75) is 0 Å². The van der Waals surface area contributed by atoms with Crippen molar-refractivity contribution in [2.75, 3.05) is 44.6 Å². The molecule has 1 aromatic heterocycles. The number of hydrogen-bond donors (Lipinski definition) is 2. The van der Waals surface area contributed by atoms with E-state index in [2.05, 4.69) is 15.6 Å². The highest BCUT2D eigenvalue weighted by Gasteiger charge is 2.07. The number of benzene rings is 1. The summed E-state index contributed by atoms with van der Waals surface area (Å²) in [6.07, 6.45) is 1.61. The van der Waals surface area contributed by atoms with Gasteiger partial charge in [-0.2, -0.15) is 0 Å². The summed E-state index contributed by atoms with van der Waals surface area (Å²) in [4.78, 5) is 18.1. The summed E-state index contributed by atoms with van der Waals surface area (Å²) in [6.45, 7) is 0.933. The summed E-state index contributed by atoms with van der Waals surface area (Å²) in [5, 5.41) is 6.02. The number of nitrogens with one attached hydrogen (secondary N) is 2. The first-order valence-electron chi connectivity index (χ1n) is 7.38. The molecule has 1 amide bonds. The summed E-state index contributed by atoms with van der Waals surface area (Å²) in [7, 11) is 5.59. The van der Waals surface area contributed by atoms with E-state index in [0.29, 0.717) is 18.8 Å². The summed E-state index contributed by atoms with van der Waals surface area (Å²) in [5.74, 6) is -0.214. The monoisotopic (exact) mass is 314 g/mol. The van der Waals surface area contributed by atoms with Crippen molar-refractivity contribution in [3.63, 3.8) is 0 Å². The van der Waals surface area contributed by atoms with E-state index in [1.807, 2.05) is 49.3 Å². The number of carbonyl (C=O) groups is 1. The largest absolute Gasteiger partial charge is 0.383 e. The minimum atomic E-state index is -0.214. The van der Waals surface area contributed by atoms with E-state index >= 15 is 0 Å². The van der Waals surface area contributed by atoms with Gasteiger partial charge in [0.25, 0.3) is 5.91 Å². The quantitative estimate of drug-likeness (QED) is 0.768. The Morgan fingerprint density at radius 1 is 1.17 bits per heavy atom. The molecule has 0 aliphatic carbocycles. The second kappa shape index (κ2) is 8.14. The number of carbonyl (C=O) groups excluding carboxylic acids is 1. The lowest BCUT2D eigenvalue weighted by atomic mass is 10.2. The van der Waals surface area contributed by atoms with Gasteiger partial charge in [0.1, 0.15) is 5.69 Å². The van der Waals surface area contributed by atoms with E-state index in [1.54, 1.807) is 19.4 Å². The van der Waals surface area contributed by atoms with E-state index in [1.165, 1.54) is 0 Å². The third kappa shape index (κ3) is 4.96. The summed E-state index contributed by atoms with van der Waals surface area (Å²) in [5.41, 5.74) is 3.27. The summed E-state index contributed by atoms with van der Waals surface area (Å²) in [6, 6.07) is 11.6. The van der Waals surface area contributed by atoms with Gasteiger partial charge >= 0.3 is 0 Å². The first-order valence-corrected chi connectivity index (χ1v) is 7.38. The van der Waals surface area contributed by atoms with E-state index in [-0.39, 0.29) is 5.91 Å². The lowest BCUT2D eigenvalue weighted by molar-refractivity contribution is 0.0932. The Hall–Kier alpha value is -2.60. The minimum absolute atomic E-state index is 0.214. The average Bonchev–Trinajstić information content (AvgIpc) is 2.56. The molecular weight excluding hydrogens is 292 g/mol. The lowest BCUT2D eigenvalue weighted by Crippen LogP contribution is -2.27. The molecule has 6 heteroatoms. The van der Waals surface area contributed by atoms with Crippen LogP contribution in [-0.2, 0) is 4.74 Å². The zero-order chi connectivity index (χ0) is 16.7. The van der Waals surface area contributed by atoms with Crippen LogP contribution in [0.4, 0.5) is 17.1 Å². The summed E-state index contributed by atoms with van der Waals surface area (Å²) >= 11 is 0. The second-order valence-electron chi connectivity index (χ2n) is 5.24. The maximum Gasteiger partial charge on any atom is 0.270 e. The number of amides is 1. The predicted octanol–water partition coefficient (Wildman–Crippen LogP) is 2.27. The Kier molecular flexibility index (Phi) is 5.94. The maximum atomic E-state index is 12.0. The van der Waals surface area contributed by atoms with Gasteiger partial charge in [-0.15, -0.1) is 0 Å². The SMILES string of the molecule is COCCNC(=O)c1cc(Nc2ccc(N(C)C)cc2)ccn1. The fourth-order valence-corrected chi connectivity index (χ4v) is 2.00. The highest BCUT2D eigenvalue weighted by molar-refractivity contribution is 5.93. The molecule has 2 N–H and O–H groups in total. The Bertz CT molecular complexity index is 641. The normalized spacial score (nSPS) is 10.2. The minimum Gasteiger partial charge on any atom is -0.383 e. The van der Waals surface area contributed by atoms with Gasteiger partial charge in [0.2, 0.25) is 0 Å². The Morgan fingerprint density at radius 3 is 2.57 bits per heavy atom. The predicted molar refractivity (Wildman–Crippen MR) is 92.5 cm³/mol. The molecule has 0 bridgehead atoms. The highest BCUT2D eigenvalue weighted by atomic mass is 16.5. The fraction of sp³-hybridized carbons (Fsp3) is 0.294. The lowest BCUT2D eigenvalue weighted by Gasteiger charge is -2.13. The standard InChI is InChI=1S/C17H22N4O2/c1-21(2)15-6-4-13(5-7-15)20-14-8-9-18-16(12-14)17(22)19-10-11-23-3/h4-9,12H,10-11H2,1-3H3,(H,18,20)(H,19,22). The third-order valence-corrected chi connectivity index (χ3v) is 3.26. The van der Waals surface area contributed by atoms with Crippen LogP contribution < -0.4 is 15.5 Å². The van der Waals surface area contributed by atoms with Crippen molar-refractivity contribution in [1.82, 2.24) is 10.3 Å². The molecule has 0 saturated heterocycles. The molecule has 0 saturated carbocycles. The number of nitrogens with zero attached hydrogens (tertiary/aromatic N) is 2. The van der Waals surface area contributed by atoms with Crippen molar-refractivity contribution in [3.8, 4) is 0 Å². The van der Waals surface area contributed by atoms with Gasteiger partial charge in [-0.25, -0.2) is 0 Å². The molecule has 1 heterocycles. The average molecular weight is 314 g/mol. The van der Waals surface area contributed by atoms with Crippen LogP contribution in [0.5, 0.6) is 0 Å². The van der Waals surface area contributed by atoms with Crippen LogP contribution in [0.15, 0.2) is 42.6 Å². The molecule has 0 radical (unpaired) electrons. The zero-order valence-corrected chi connectivity index (χ0v) is 13.7. The molecule has 0 fully saturated rings. The Balaban J connectivity index is 2.03. The van der Waals surface area contributed by atoms with Crippen LogP contribution >= 0.6 is 0 Å². The van der Waals surface area contributed by atoms with Crippen LogP contribution in [0.25, 0.3) is 0 Å². The molecule has 2 aromatic rings. The van der Waals surface area contributed by atoms with Crippen LogP contribution in [0.3, 0.4) is 0 Å². The van der Waals surface area contributed by atoms with Crippen LogP contribution in [0.1, 0.15) is 10.5 Å². The molecule has 6 nitrogen and oxygen atoms in total. The number of pyridine rings is 1. The van der Waals surface area contributed by atoms with Crippen molar-refractivity contribution in [1.29, 1.82) is 0 Å². The van der Waals surface area contributed by atoms with Gasteiger partial charge in [-0.3, -0.25) is 9.78 Å². The van der Waals surface area contributed by atoms with Gasteiger partial charge in [0, 0.05) is 51.0 Å². The molecule has 0 spiro atoms. The molecule has 0 aliphatic heterocycles. The Morgan fingerprint density at radius 2 is 1.91 bits per heavy atom. The van der Waals surface area contributed by atoms with Crippen molar-refractivity contribution in [3.05, 3.63) is 48.3 Å². The third-order valence-electron chi connectivity index (χ3n) is 3.26. The number of aromatic nitrogens is 1. The number of ether oxygens (including phenoxy) is 1. The molecule has 23 heavy (non-hydrogen) atoms. The maximum absolute atomic E-state index is 12.0. The van der Waals surface area contributed by atoms with Crippen molar-refractivity contribution >= 4 is 23.0 Å². The van der Waals surface area contributed by atoms with Gasteiger partial charge in [0.15, 0.2) is 0 Å². The highest BCUT2D eigenvalue weighted by Crippen LogP contribution is 2.20. The molecule has 2 rings (SSSR count). The zero-order valence-electron chi connectivity index (χ0n) is 13.7. The number of anilines is 3. The van der Waals surface area contributed by atoms with Gasteiger partial charge in [-0.05, 0) is 36.4 Å². The topological polar surface area (TPSA) is 66.5 Å². The molecule has 122 valence electrons.